The minimum Gasteiger partial charge on any atom is -0.545 e. The normalized spacial score (nSPS) is 13.6. The van der Waals surface area contributed by atoms with Gasteiger partial charge in [-0.1, -0.05) is 232 Å². The van der Waals surface area contributed by atoms with Crippen molar-refractivity contribution < 1.29 is 42.9 Å². The average Bonchev–Trinajstić information content (AvgIpc) is 3.40. The highest BCUT2D eigenvalue weighted by molar-refractivity contribution is 5.70. The molecular weight excluding hydrogens is 959 g/mol. The van der Waals surface area contributed by atoms with E-state index in [1.807, 2.05) is 21.1 Å². The van der Waals surface area contributed by atoms with E-state index in [4.69, 9.17) is 18.9 Å². The van der Waals surface area contributed by atoms with E-state index in [0.29, 0.717) is 17.4 Å². The van der Waals surface area contributed by atoms with E-state index >= 15 is 0 Å². The topological polar surface area (TPSA) is 111 Å². The van der Waals surface area contributed by atoms with Crippen LogP contribution in [0.15, 0.2) is 122 Å². The van der Waals surface area contributed by atoms with Crippen LogP contribution in [0.5, 0.6) is 0 Å². The number of quaternary nitrogens is 1. The van der Waals surface area contributed by atoms with Crippen LogP contribution < -0.4 is 5.11 Å². The molecule has 0 aromatic rings. The zero-order valence-electron chi connectivity index (χ0n) is 49.8. The number of carbonyl (C=O) groups is 3. The molecule has 9 heteroatoms. The molecule has 0 aliphatic carbocycles. The number of unbranched alkanes of at least 4 members (excludes halogenated alkanes) is 20. The van der Waals surface area contributed by atoms with Gasteiger partial charge in [0.05, 0.1) is 40.3 Å². The van der Waals surface area contributed by atoms with E-state index in [1.165, 1.54) is 109 Å². The smallest absolute Gasteiger partial charge is 0.306 e. The maximum absolute atomic E-state index is 12.9. The van der Waals surface area contributed by atoms with E-state index in [9.17, 15) is 19.5 Å². The maximum atomic E-state index is 12.9. The summed E-state index contributed by atoms with van der Waals surface area (Å²) in [6.45, 7) is 4.57. The van der Waals surface area contributed by atoms with Gasteiger partial charge in [-0.15, -0.1) is 0 Å². The molecule has 0 fully saturated rings. The van der Waals surface area contributed by atoms with Crippen molar-refractivity contribution in [3.63, 3.8) is 0 Å². The van der Waals surface area contributed by atoms with Crippen LogP contribution in [0.2, 0.25) is 0 Å². The van der Waals surface area contributed by atoms with Crippen molar-refractivity contribution in [3.8, 4) is 0 Å². The molecule has 0 spiro atoms. The van der Waals surface area contributed by atoms with Crippen molar-refractivity contribution in [2.45, 2.75) is 245 Å². The first-order valence-electron chi connectivity index (χ1n) is 30.7. The molecule has 2 atom stereocenters. The molecule has 0 aromatic carbocycles. The van der Waals surface area contributed by atoms with Crippen molar-refractivity contribution in [1.29, 1.82) is 0 Å². The van der Waals surface area contributed by atoms with E-state index in [0.717, 1.165) is 89.9 Å². The molecule has 0 saturated carbocycles. The van der Waals surface area contributed by atoms with Gasteiger partial charge in [0.1, 0.15) is 13.2 Å². The molecule has 0 rings (SSSR count). The van der Waals surface area contributed by atoms with Crippen molar-refractivity contribution in [2.75, 3.05) is 47.5 Å². The minimum absolute atomic E-state index is 0.132. The van der Waals surface area contributed by atoms with Crippen molar-refractivity contribution in [3.05, 3.63) is 122 Å². The molecule has 0 amide bonds. The molecule has 0 bridgehead atoms. The van der Waals surface area contributed by atoms with Gasteiger partial charge >= 0.3 is 11.9 Å². The molecule has 2 unspecified atom stereocenters. The van der Waals surface area contributed by atoms with Gasteiger partial charge in [-0.3, -0.25) is 9.59 Å². The molecule has 0 aliphatic heterocycles. The maximum Gasteiger partial charge on any atom is 0.306 e. The molecule has 0 saturated heterocycles. The fourth-order valence-electron chi connectivity index (χ4n) is 7.99. The second kappa shape index (κ2) is 57.9. The number of hydrogen-bond donors (Lipinski definition) is 0. The number of aliphatic carboxylic acids is 1. The lowest BCUT2D eigenvalue weighted by atomic mass is 10.0. The SMILES string of the molecule is CC/C=C\C/C=C\C/C=C\C/C=C\C/C=C\C/C=C\C/C=C\C/C=C\CCCCC(=O)OC(COC(=O)CCCCCCCCCCCCCCC/C=C\C/C=C\CCCCCCC)COC(OCC[N+](C)(C)C)C(=O)[O-]. The first-order chi connectivity index (χ1) is 37.6. The number of rotatable bonds is 55. The molecule has 0 heterocycles. The van der Waals surface area contributed by atoms with Gasteiger partial charge in [0.15, 0.2) is 12.4 Å². The second-order valence-corrected chi connectivity index (χ2v) is 21.3. The third kappa shape index (κ3) is 59.2. The Hall–Kier alpha value is -4.31. The zero-order chi connectivity index (χ0) is 56.2. The Balaban J connectivity index is 4.34. The standard InChI is InChI=1S/C68H113NO8/c1-6-8-10-12-14-16-18-20-22-24-26-28-30-32-33-35-37-39-41-43-45-47-49-51-53-55-57-59-66(71)77-64(63-76-68(67(72)73)74-61-60-69(3,4)5)62-75-65(70)58-56-54-52-50-48-46-44-42-40-38-36-34-31-29-27-25-23-21-19-17-15-13-11-9-7-2/h8,10,14,16,19-22,25-28,32-33,37,39,43,45,49,51,64,68H,6-7,9,11-13,15,17-18,23-24,29-31,34-36,38,40-42,44,46-48,50,52-63H2,1-5H3/b10-8-,16-14-,21-19-,22-20-,27-25-,28-26-,33-32-,39-37-,45-43-,51-49-. The molecule has 0 aromatic heterocycles. The van der Waals surface area contributed by atoms with Gasteiger partial charge in [0, 0.05) is 12.8 Å². The van der Waals surface area contributed by atoms with Crippen molar-refractivity contribution >= 4 is 17.9 Å². The van der Waals surface area contributed by atoms with Crippen LogP contribution in [-0.2, 0) is 33.3 Å². The summed E-state index contributed by atoms with van der Waals surface area (Å²) in [5.74, 6) is -2.35. The number of hydrogen-bond acceptors (Lipinski definition) is 8. The van der Waals surface area contributed by atoms with E-state index in [2.05, 4.69) is 135 Å². The highest BCUT2D eigenvalue weighted by Gasteiger charge is 2.22. The highest BCUT2D eigenvalue weighted by atomic mass is 16.7. The predicted octanol–water partition coefficient (Wildman–Crippen LogP) is 17.1. The number of nitrogens with zero attached hydrogens (tertiary/aromatic N) is 1. The average molecular weight is 1070 g/mol. The summed E-state index contributed by atoms with van der Waals surface area (Å²) in [6.07, 6.45) is 78.3. The summed E-state index contributed by atoms with van der Waals surface area (Å²) < 4.78 is 22.7. The summed E-state index contributed by atoms with van der Waals surface area (Å²) in [7, 11) is 5.90. The molecule has 0 radical (unpaired) electrons. The molecule has 0 N–H and O–H groups in total. The Morgan fingerprint density at radius 1 is 0.403 bits per heavy atom. The largest absolute Gasteiger partial charge is 0.545 e. The number of allylic oxidation sites excluding steroid dienone is 20. The second-order valence-electron chi connectivity index (χ2n) is 21.3. The number of esters is 2. The van der Waals surface area contributed by atoms with Crippen LogP contribution in [0.4, 0.5) is 0 Å². The minimum atomic E-state index is -1.64. The predicted molar refractivity (Wildman–Crippen MR) is 324 cm³/mol. The molecule has 0 aliphatic rings. The zero-order valence-corrected chi connectivity index (χ0v) is 49.8. The Labute approximate surface area is 472 Å². The number of likely N-dealkylation sites (N-methyl/N-ethyl adjacent to an activating group) is 1. The Morgan fingerprint density at radius 3 is 1.13 bits per heavy atom. The Bertz CT molecular complexity index is 1670. The van der Waals surface area contributed by atoms with E-state index in [1.54, 1.807) is 0 Å². The van der Waals surface area contributed by atoms with Crippen LogP contribution in [0.25, 0.3) is 0 Å². The molecule has 9 nitrogen and oxygen atoms in total. The van der Waals surface area contributed by atoms with Crippen LogP contribution >= 0.6 is 0 Å². The summed E-state index contributed by atoms with van der Waals surface area (Å²) in [4.78, 5) is 37.3. The van der Waals surface area contributed by atoms with Gasteiger partial charge in [0.25, 0.3) is 0 Å². The fraction of sp³-hybridized carbons (Fsp3) is 0.662. The first-order valence-corrected chi connectivity index (χ1v) is 30.7. The summed E-state index contributed by atoms with van der Waals surface area (Å²) >= 11 is 0. The molecular formula is C68H113NO8. The van der Waals surface area contributed by atoms with Crippen LogP contribution in [-0.4, -0.2) is 82.3 Å². The third-order valence-corrected chi connectivity index (χ3v) is 12.7. The van der Waals surface area contributed by atoms with Crippen LogP contribution in [0.1, 0.15) is 232 Å². The summed E-state index contributed by atoms with van der Waals surface area (Å²) in [6, 6.07) is 0. The van der Waals surface area contributed by atoms with Crippen molar-refractivity contribution in [2.24, 2.45) is 0 Å². The van der Waals surface area contributed by atoms with Crippen LogP contribution in [0.3, 0.4) is 0 Å². The van der Waals surface area contributed by atoms with Gasteiger partial charge < -0.3 is 33.3 Å². The van der Waals surface area contributed by atoms with Gasteiger partial charge in [0.2, 0.25) is 0 Å². The Kier molecular flexibility index (Phi) is 54.6. The Morgan fingerprint density at radius 2 is 0.740 bits per heavy atom. The molecule has 438 valence electrons. The highest BCUT2D eigenvalue weighted by Crippen LogP contribution is 2.15. The van der Waals surface area contributed by atoms with Gasteiger partial charge in [-0.2, -0.15) is 0 Å². The van der Waals surface area contributed by atoms with Gasteiger partial charge in [-0.25, -0.2) is 0 Å². The lowest BCUT2D eigenvalue weighted by Gasteiger charge is -2.26. The lowest BCUT2D eigenvalue weighted by molar-refractivity contribution is -0.870. The van der Waals surface area contributed by atoms with Gasteiger partial charge in [-0.05, 0) is 109 Å². The monoisotopic (exact) mass is 1070 g/mol. The first kappa shape index (κ1) is 72.7. The summed E-state index contributed by atoms with van der Waals surface area (Å²) in [5.41, 5.74) is 0. The number of carboxylic acids is 1. The number of carboxylic acid groups (broad SMARTS) is 1. The quantitative estimate of drug-likeness (QED) is 0.0195. The number of carbonyl (C=O) groups excluding carboxylic acids is 3. The number of ether oxygens (including phenoxy) is 4. The lowest BCUT2D eigenvalue weighted by Crippen LogP contribution is -2.44. The summed E-state index contributed by atoms with van der Waals surface area (Å²) in [5, 5.41) is 11.8. The van der Waals surface area contributed by atoms with E-state index in [-0.39, 0.29) is 38.6 Å². The van der Waals surface area contributed by atoms with Crippen molar-refractivity contribution in [1.82, 2.24) is 0 Å². The van der Waals surface area contributed by atoms with Crippen LogP contribution in [0, 0.1) is 0 Å². The van der Waals surface area contributed by atoms with E-state index < -0.39 is 24.3 Å². The molecule has 77 heavy (non-hydrogen) atoms. The third-order valence-electron chi connectivity index (χ3n) is 12.7. The fourth-order valence-corrected chi connectivity index (χ4v) is 7.99.